The van der Waals surface area contributed by atoms with Crippen molar-refractivity contribution in [3.63, 3.8) is 0 Å². The maximum absolute atomic E-state index is 12.5. The van der Waals surface area contributed by atoms with Gasteiger partial charge in [0, 0.05) is 24.1 Å². The Labute approximate surface area is 85.4 Å². The Morgan fingerprint density at radius 3 is 2.79 bits per heavy atom. The maximum Gasteiger partial charge on any atom is 0.248 e. The predicted octanol–water partition coefficient (Wildman–Crippen LogP) is 2.70. The Bertz CT molecular complexity index is 289. The summed E-state index contributed by atoms with van der Waals surface area (Å²) in [7, 11) is 0. The van der Waals surface area contributed by atoms with Gasteiger partial charge in [-0.25, -0.2) is 8.78 Å². The first-order valence-electron chi connectivity index (χ1n) is 4.65. The van der Waals surface area contributed by atoms with Crippen molar-refractivity contribution in [2.75, 3.05) is 0 Å². The monoisotopic (exact) mass is 218 g/mol. The quantitative estimate of drug-likeness (QED) is 0.827. The van der Waals surface area contributed by atoms with E-state index in [0.717, 1.165) is 4.88 Å². The van der Waals surface area contributed by atoms with Gasteiger partial charge >= 0.3 is 0 Å². The van der Waals surface area contributed by atoms with Crippen LogP contribution in [0.1, 0.15) is 17.7 Å². The largest absolute Gasteiger partial charge is 0.392 e. The van der Waals surface area contributed by atoms with Crippen LogP contribution in [0.2, 0.25) is 0 Å². The minimum atomic E-state index is -2.53. The molecule has 0 saturated heterocycles. The van der Waals surface area contributed by atoms with Crippen molar-refractivity contribution >= 4 is 11.3 Å². The van der Waals surface area contributed by atoms with Gasteiger partial charge in [-0.15, -0.1) is 11.3 Å². The van der Waals surface area contributed by atoms with Gasteiger partial charge in [-0.2, -0.15) is 0 Å². The molecule has 0 bridgehead atoms. The van der Waals surface area contributed by atoms with E-state index in [0.29, 0.717) is 6.42 Å². The first-order valence-corrected chi connectivity index (χ1v) is 5.53. The summed E-state index contributed by atoms with van der Waals surface area (Å²) in [5, 5.41) is 11.6. The predicted molar refractivity (Wildman–Crippen MR) is 51.7 cm³/mol. The number of alkyl halides is 2. The summed E-state index contributed by atoms with van der Waals surface area (Å²) in [5.74, 6) is -2.74. The number of aliphatic hydroxyl groups is 1. The van der Waals surface area contributed by atoms with E-state index < -0.39 is 12.0 Å². The molecule has 1 heterocycles. The van der Waals surface area contributed by atoms with Crippen LogP contribution in [-0.4, -0.2) is 17.1 Å². The molecule has 14 heavy (non-hydrogen) atoms. The Kier molecular flexibility index (Phi) is 2.58. The standard InChI is InChI=1S/C10H12F2OS/c11-10(12)5-7(6-10)9(13)4-8-2-1-3-14-8/h1-3,7,9,13H,4-6H2. The highest BCUT2D eigenvalue weighted by Gasteiger charge is 2.47. The lowest BCUT2D eigenvalue weighted by molar-refractivity contribution is -0.140. The number of aliphatic hydroxyl groups excluding tert-OH is 1. The SMILES string of the molecule is OC(Cc1cccs1)C1CC(F)(F)C1. The van der Waals surface area contributed by atoms with Crippen molar-refractivity contribution in [1.29, 1.82) is 0 Å². The molecule has 0 aliphatic heterocycles. The van der Waals surface area contributed by atoms with Gasteiger partial charge in [-0.1, -0.05) is 6.07 Å². The summed E-state index contributed by atoms with van der Waals surface area (Å²) in [6, 6.07) is 3.83. The highest BCUT2D eigenvalue weighted by Crippen LogP contribution is 2.44. The first kappa shape index (κ1) is 10.1. The fourth-order valence-corrected chi connectivity index (χ4v) is 2.54. The van der Waals surface area contributed by atoms with Gasteiger partial charge in [0.1, 0.15) is 0 Å². The van der Waals surface area contributed by atoms with E-state index in [1.807, 2.05) is 17.5 Å². The Balaban J connectivity index is 1.83. The van der Waals surface area contributed by atoms with Crippen molar-refractivity contribution in [3.05, 3.63) is 22.4 Å². The highest BCUT2D eigenvalue weighted by atomic mass is 32.1. The number of rotatable bonds is 3. The van der Waals surface area contributed by atoms with E-state index in [-0.39, 0.29) is 18.8 Å². The summed E-state index contributed by atoms with van der Waals surface area (Å²) in [4.78, 5) is 1.06. The van der Waals surface area contributed by atoms with Gasteiger partial charge in [0.15, 0.2) is 0 Å². The van der Waals surface area contributed by atoms with E-state index in [4.69, 9.17) is 0 Å². The molecule has 1 saturated carbocycles. The molecule has 1 atom stereocenters. The molecule has 1 unspecified atom stereocenters. The lowest BCUT2D eigenvalue weighted by atomic mass is 9.76. The van der Waals surface area contributed by atoms with Crippen LogP contribution < -0.4 is 0 Å². The van der Waals surface area contributed by atoms with Gasteiger partial charge in [0.2, 0.25) is 5.92 Å². The summed E-state index contributed by atoms with van der Waals surface area (Å²) in [5.41, 5.74) is 0. The lowest BCUT2D eigenvalue weighted by Gasteiger charge is -2.37. The van der Waals surface area contributed by atoms with Crippen molar-refractivity contribution in [2.24, 2.45) is 5.92 Å². The molecule has 0 amide bonds. The second kappa shape index (κ2) is 3.59. The molecule has 0 radical (unpaired) electrons. The molecule has 78 valence electrons. The Hall–Kier alpha value is -0.480. The molecule has 2 rings (SSSR count). The number of hydrogen-bond donors (Lipinski definition) is 1. The number of hydrogen-bond acceptors (Lipinski definition) is 2. The van der Waals surface area contributed by atoms with Gasteiger partial charge in [0.25, 0.3) is 0 Å². The highest BCUT2D eigenvalue weighted by molar-refractivity contribution is 7.09. The maximum atomic E-state index is 12.5. The minimum Gasteiger partial charge on any atom is -0.392 e. The van der Waals surface area contributed by atoms with Gasteiger partial charge in [-0.3, -0.25) is 0 Å². The summed E-state index contributed by atoms with van der Waals surface area (Å²) >= 11 is 1.56. The number of thiophene rings is 1. The zero-order valence-corrected chi connectivity index (χ0v) is 8.44. The van der Waals surface area contributed by atoms with Crippen molar-refractivity contribution in [1.82, 2.24) is 0 Å². The third kappa shape index (κ3) is 2.12. The fraction of sp³-hybridized carbons (Fsp3) is 0.600. The Morgan fingerprint density at radius 1 is 1.57 bits per heavy atom. The van der Waals surface area contributed by atoms with E-state index >= 15 is 0 Å². The van der Waals surface area contributed by atoms with Crippen LogP contribution >= 0.6 is 11.3 Å². The topological polar surface area (TPSA) is 20.2 Å². The average Bonchev–Trinajstić information content (AvgIpc) is 2.52. The van der Waals surface area contributed by atoms with Crippen LogP contribution in [-0.2, 0) is 6.42 Å². The molecule has 1 fully saturated rings. The van der Waals surface area contributed by atoms with E-state index in [2.05, 4.69) is 0 Å². The van der Waals surface area contributed by atoms with Crippen LogP contribution in [0.5, 0.6) is 0 Å². The van der Waals surface area contributed by atoms with Crippen molar-refractivity contribution in [2.45, 2.75) is 31.3 Å². The third-order valence-corrected chi connectivity index (χ3v) is 3.55. The fourth-order valence-electron chi connectivity index (χ4n) is 1.78. The van der Waals surface area contributed by atoms with E-state index in [1.54, 1.807) is 11.3 Å². The van der Waals surface area contributed by atoms with Crippen molar-refractivity contribution in [3.8, 4) is 0 Å². The molecular formula is C10H12F2OS. The van der Waals surface area contributed by atoms with Gasteiger partial charge in [-0.05, 0) is 17.4 Å². The smallest absolute Gasteiger partial charge is 0.248 e. The molecular weight excluding hydrogens is 206 g/mol. The average molecular weight is 218 g/mol. The third-order valence-electron chi connectivity index (χ3n) is 2.66. The van der Waals surface area contributed by atoms with Crippen molar-refractivity contribution < 1.29 is 13.9 Å². The van der Waals surface area contributed by atoms with Crippen LogP contribution in [0, 0.1) is 5.92 Å². The molecule has 1 N–H and O–H groups in total. The molecule has 0 aromatic carbocycles. The molecule has 0 spiro atoms. The summed E-state index contributed by atoms with van der Waals surface area (Å²) in [6.07, 6.45) is -0.398. The van der Waals surface area contributed by atoms with Gasteiger partial charge < -0.3 is 5.11 Å². The molecule has 1 aliphatic carbocycles. The van der Waals surface area contributed by atoms with Crippen LogP contribution in [0.25, 0.3) is 0 Å². The number of halogens is 2. The second-order valence-electron chi connectivity index (χ2n) is 3.88. The Morgan fingerprint density at radius 2 is 2.29 bits per heavy atom. The summed E-state index contributed by atoms with van der Waals surface area (Å²) in [6.45, 7) is 0. The van der Waals surface area contributed by atoms with E-state index in [9.17, 15) is 13.9 Å². The van der Waals surface area contributed by atoms with E-state index in [1.165, 1.54) is 0 Å². The van der Waals surface area contributed by atoms with Crippen LogP contribution in [0.15, 0.2) is 17.5 Å². The van der Waals surface area contributed by atoms with Gasteiger partial charge in [0.05, 0.1) is 6.10 Å². The second-order valence-corrected chi connectivity index (χ2v) is 4.91. The zero-order valence-electron chi connectivity index (χ0n) is 7.62. The van der Waals surface area contributed by atoms with Crippen LogP contribution in [0.3, 0.4) is 0 Å². The van der Waals surface area contributed by atoms with Crippen LogP contribution in [0.4, 0.5) is 8.78 Å². The first-order chi connectivity index (χ1) is 6.57. The molecule has 1 nitrogen and oxygen atoms in total. The molecule has 1 aliphatic rings. The molecule has 1 aromatic heterocycles. The lowest BCUT2D eigenvalue weighted by Crippen LogP contribution is -2.42. The normalized spacial score (nSPS) is 23.1. The zero-order chi connectivity index (χ0) is 10.2. The minimum absolute atomic E-state index is 0.153. The molecule has 4 heteroatoms. The summed E-state index contributed by atoms with van der Waals surface area (Å²) < 4.78 is 25.0. The molecule has 1 aromatic rings.